The van der Waals surface area contributed by atoms with Crippen LogP contribution in [0.5, 0.6) is 0 Å². The Morgan fingerprint density at radius 2 is 1.76 bits per heavy atom. The number of aliphatic hydroxyl groups is 3. The highest BCUT2D eigenvalue weighted by atomic mass is 16.5. The summed E-state index contributed by atoms with van der Waals surface area (Å²) in [5.74, 6) is 0.997. The maximum atomic E-state index is 11.5. The van der Waals surface area contributed by atoms with Crippen molar-refractivity contribution in [2.24, 2.45) is 46.3 Å². The van der Waals surface area contributed by atoms with Crippen LogP contribution in [0.2, 0.25) is 0 Å². The highest BCUT2D eigenvalue weighted by Gasteiger charge is 2.65. The van der Waals surface area contributed by atoms with E-state index in [-0.39, 0.29) is 41.3 Å². The van der Waals surface area contributed by atoms with E-state index < -0.39 is 12.1 Å². The van der Waals surface area contributed by atoms with Crippen molar-refractivity contribution in [1.29, 1.82) is 0 Å². The Hall–Kier alpha value is -0.650. The molecule has 0 aromatic carbocycles. The van der Waals surface area contributed by atoms with Gasteiger partial charge in [-0.1, -0.05) is 20.8 Å². The Balaban J connectivity index is 1.61. The molecule has 5 nitrogen and oxygen atoms in total. The van der Waals surface area contributed by atoms with E-state index in [0.717, 1.165) is 44.9 Å². The second-order valence-corrected chi connectivity index (χ2v) is 11.4. The van der Waals surface area contributed by atoms with Crippen molar-refractivity contribution in [3.8, 4) is 0 Å². The maximum absolute atomic E-state index is 11.5. The van der Waals surface area contributed by atoms with Crippen LogP contribution in [-0.4, -0.2) is 44.7 Å². The van der Waals surface area contributed by atoms with Crippen LogP contribution >= 0.6 is 0 Å². The van der Waals surface area contributed by atoms with Gasteiger partial charge in [-0.2, -0.15) is 0 Å². The predicted molar refractivity (Wildman–Crippen MR) is 110 cm³/mol. The Morgan fingerprint density at radius 3 is 2.45 bits per heavy atom. The van der Waals surface area contributed by atoms with Crippen LogP contribution in [-0.2, 0) is 4.79 Å². The normalized spacial score (nSPS) is 52.9. The first-order valence-corrected chi connectivity index (χ1v) is 11.8. The zero-order chi connectivity index (χ0) is 21.1. The summed E-state index contributed by atoms with van der Waals surface area (Å²) in [6, 6.07) is 0. The molecule has 4 aliphatic rings. The largest absolute Gasteiger partial charge is 0.481 e. The molecule has 4 saturated carbocycles. The number of rotatable bonds is 4. The Morgan fingerprint density at radius 1 is 1.03 bits per heavy atom. The number of aliphatic hydroxyl groups excluding tert-OH is 3. The lowest BCUT2D eigenvalue weighted by molar-refractivity contribution is -0.207. The summed E-state index contributed by atoms with van der Waals surface area (Å²) in [5, 5.41) is 42.0. The average Bonchev–Trinajstić information content (AvgIpc) is 3.01. The highest BCUT2D eigenvalue weighted by Crippen LogP contribution is 2.68. The summed E-state index contributed by atoms with van der Waals surface area (Å²) in [7, 11) is 0. The Kier molecular flexibility index (Phi) is 5.57. The number of fused-ring (bicyclic) bond motifs is 5. The van der Waals surface area contributed by atoms with E-state index in [2.05, 4.69) is 20.8 Å². The van der Waals surface area contributed by atoms with Gasteiger partial charge in [-0.05, 0) is 97.7 Å². The number of carbonyl (C=O) groups is 1. The minimum absolute atomic E-state index is 0.0957. The van der Waals surface area contributed by atoms with Crippen LogP contribution in [0.4, 0.5) is 0 Å². The van der Waals surface area contributed by atoms with Crippen molar-refractivity contribution < 1.29 is 25.2 Å². The molecular weight excluding hydrogens is 369 g/mol. The van der Waals surface area contributed by atoms with Gasteiger partial charge in [-0.25, -0.2) is 0 Å². The van der Waals surface area contributed by atoms with Gasteiger partial charge < -0.3 is 20.4 Å². The minimum Gasteiger partial charge on any atom is -0.481 e. The fourth-order valence-corrected chi connectivity index (χ4v) is 8.68. The smallest absolute Gasteiger partial charge is 0.303 e. The van der Waals surface area contributed by atoms with E-state index in [1.165, 1.54) is 0 Å². The molecule has 29 heavy (non-hydrogen) atoms. The summed E-state index contributed by atoms with van der Waals surface area (Å²) in [5.41, 5.74) is -0.143. The van der Waals surface area contributed by atoms with E-state index in [1.807, 2.05) is 0 Å². The molecule has 0 bridgehead atoms. The zero-order valence-electron chi connectivity index (χ0n) is 18.3. The number of aliphatic carboxylic acids is 1. The summed E-state index contributed by atoms with van der Waals surface area (Å²) >= 11 is 0. The fraction of sp³-hybridized carbons (Fsp3) is 0.958. The lowest BCUT2D eigenvalue weighted by atomic mass is 9.43. The first kappa shape index (κ1) is 21.6. The molecule has 5 heteroatoms. The topological polar surface area (TPSA) is 98.0 Å². The third kappa shape index (κ3) is 3.27. The molecule has 0 saturated heterocycles. The van der Waals surface area contributed by atoms with Crippen LogP contribution < -0.4 is 0 Å². The molecule has 0 amide bonds. The Labute approximate surface area is 174 Å². The number of hydrogen-bond donors (Lipinski definition) is 4. The highest BCUT2D eigenvalue weighted by molar-refractivity contribution is 5.66. The average molecular weight is 410 g/mol. The lowest BCUT2D eigenvalue weighted by Crippen LogP contribution is -2.62. The third-order valence-corrected chi connectivity index (χ3v) is 10.3. The van der Waals surface area contributed by atoms with Gasteiger partial charge in [0.05, 0.1) is 18.3 Å². The van der Waals surface area contributed by atoms with Gasteiger partial charge in [0.2, 0.25) is 0 Å². The molecule has 0 spiro atoms. The summed E-state index contributed by atoms with van der Waals surface area (Å²) in [6.07, 6.45) is 6.00. The minimum atomic E-state index is -0.748. The van der Waals surface area contributed by atoms with Crippen molar-refractivity contribution in [2.75, 3.05) is 0 Å². The molecule has 0 aromatic rings. The van der Waals surface area contributed by atoms with Gasteiger partial charge in [-0.3, -0.25) is 4.79 Å². The molecule has 9 unspecified atom stereocenters. The molecule has 166 valence electrons. The van der Waals surface area contributed by atoms with Crippen LogP contribution in [0.1, 0.15) is 78.6 Å². The molecule has 4 fully saturated rings. The van der Waals surface area contributed by atoms with Crippen LogP contribution in [0.25, 0.3) is 0 Å². The third-order valence-electron chi connectivity index (χ3n) is 10.3. The van der Waals surface area contributed by atoms with Crippen LogP contribution in [0, 0.1) is 46.3 Å². The number of hydrogen-bond acceptors (Lipinski definition) is 4. The Bertz CT molecular complexity index is 637. The number of carboxylic acid groups (broad SMARTS) is 1. The standard InChI is InChI=1S/C24H40O5/c1-13(4-7-21(28)29)16-5-6-17-22-18(12-20(27)24(16,17)3)23(2)9-8-15(25)10-14(23)11-19(22)26/h13-20,22,25-27H,4-12H2,1-3H3,(H,28,29)/t13?,14?,15?,16?,17?,18?,19?,20?,22?,23-,24+/m0/s1/i21+1. The second-order valence-electron chi connectivity index (χ2n) is 11.4. The van der Waals surface area contributed by atoms with Crippen LogP contribution in [0.3, 0.4) is 0 Å². The van der Waals surface area contributed by atoms with E-state index in [0.29, 0.717) is 30.1 Å². The van der Waals surface area contributed by atoms with Crippen molar-refractivity contribution in [3.05, 3.63) is 0 Å². The van der Waals surface area contributed by atoms with Gasteiger partial charge in [0, 0.05) is 6.42 Å². The van der Waals surface area contributed by atoms with E-state index in [1.54, 1.807) is 0 Å². The van der Waals surface area contributed by atoms with Crippen molar-refractivity contribution in [2.45, 2.75) is 96.9 Å². The van der Waals surface area contributed by atoms with Gasteiger partial charge in [-0.15, -0.1) is 0 Å². The predicted octanol–water partition coefficient (Wildman–Crippen LogP) is 3.45. The molecule has 4 N–H and O–H groups in total. The molecular formula is C24H40O5. The van der Waals surface area contributed by atoms with E-state index >= 15 is 0 Å². The van der Waals surface area contributed by atoms with Gasteiger partial charge >= 0.3 is 5.97 Å². The summed E-state index contributed by atoms with van der Waals surface area (Å²) in [4.78, 5) is 11.1. The quantitative estimate of drug-likeness (QED) is 0.533. The molecule has 4 aliphatic carbocycles. The van der Waals surface area contributed by atoms with Gasteiger partial charge in [0.1, 0.15) is 0 Å². The SMILES string of the molecule is CC(CC[13C](=O)O)C1CCC2C3C(O)CC4CC(O)CC[C@]4(C)C3CC(O)[C@]12C. The van der Waals surface area contributed by atoms with E-state index in [9.17, 15) is 20.1 Å². The molecule has 0 aliphatic heterocycles. The van der Waals surface area contributed by atoms with Crippen molar-refractivity contribution >= 4 is 5.97 Å². The zero-order valence-corrected chi connectivity index (χ0v) is 18.3. The summed E-state index contributed by atoms with van der Waals surface area (Å²) < 4.78 is 0. The maximum Gasteiger partial charge on any atom is 0.303 e. The molecule has 11 atom stereocenters. The molecule has 0 radical (unpaired) electrons. The van der Waals surface area contributed by atoms with Crippen molar-refractivity contribution in [1.82, 2.24) is 0 Å². The van der Waals surface area contributed by atoms with Gasteiger partial charge in [0.15, 0.2) is 0 Å². The molecule has 4 rings (SSSR count). The molecule has 0 aromatic heterocycles. The summed E-state index contributed by atoms with van der Waals surface area (Å²) in [6.45, 7) is 6.72. The first-order valence-electron chi connectivity index (χ1n) is 11.8. The lowest BCUT2D eigenvalue weighted by Gasteiger charge is -2.63. The van der Waals surface area contributed by atoms with E-state index in [4.69, 9.17) is 5.11 Å². The number of carboxylic acids is 1. The molecule has 0 heterocycles. The van der Waals surface area contributed by atoms with Crippen molar-refractivity contribution in [3.63, 3.8) is 0 Å². The van der Waals surface area contributed by atoms with Gasteiger partial charge in [0.25, 0.3) is 0 Å². The fourth-order valence-electron chi connectivity index (χ4n) is 8.68. The van der Waals surface area contributed by atoms with Crippen LogP contribution in [0.15, 0.2) is 0 Å². The second kappa shape index (κ2) is 7.49. The first-order chi connectivity index (χ1) is 13.6. The monoisotopic (exact) mass is 409 g/mol.